The minimum Gasteiger partial charge on any atom is -0.454 e. The maximum absolute atomic E-state index is 5.30. The van der Waals surface area contributed by atoms with Gasteiger partial charge >= 0.3 is 0 Å². The molecule has 0 aliphatic carbocycles. The summed E-state index contributed by atoms with van der Waals surface area (Å²) in [6.07, 6.45) is 0. The van der Waals surface area contributed by atoms with Crippen molar-refractivity contribution in [3.05, 3.63) is 23.8 Å². The molecule has 86 valence electrons. The smallest absolute Gasteiger partial charge is 0.231 e. The summed E-state index contributed by atoms with van der Waals surface area (Å²) in [4.78, 5) is 4.03. The molecule has 0 saturated heterocycles. The average Bonchev–Trinajstić information content (AvgIpc) is 2.77. The van der Waals surface area contributed by atoms with Crippen molar-refractivity contribution < 1.29 is 9.47 Å². The van der Waals surface area contributed by atoms with Crippen molar-refractivity contribution in [2.24, 2.45) is 4.99 Å². The predicted molar refractivity (Wildman–Crippen MR) is 61.8 cm³/mol. The summed E-state index contributed by atoms with van der Waals surface area (Å²) in [5, 5.41) is 6.13. The lowest BCUT2D eigenvalue weighted by molar-refractivity contribution is 0.174. The van der Waals surface area contributed by atoms with Crippen LogP contribution in [0.2, 0.25) is 0 Å². The zero-order chi connectivity index (χ0) is 11.4. The monoisotopic (exact) mass is 221 g/mol. The molecule has 1 aromatic carbocycles. The second-order valence-electron chi connectivity index (χ2n) is 3.36. The molecule has 1 aliphatic rings. The molecule has 1 aliphatic heterocycles. The van der Waals surface area contributed by atoms with E-state index in [9.17, 15) is 0 Å². The average molecular weight is 221 g/mol. The third kappa shape index (κ3) is 2.18. The van der Waals surface area contributed by atoms with Crippen LogP contribution in [-0.2, 0) is 6.54 Å². The number of guanidine groups is 1. The lowest BCUT2D eigenvalue weighted by atomic mass is 10.2. The van der Waals surface area contributed by atoms with Crippen molar-refractivity contribution in [2.75, 3.05) is 20.9 Å². The van der Waals surface area contributed by atoms with Crippen molar-refractivity contribution >= 4 is 5.96 Å². The molecular weight excluding hydrogens is 206 g/mol. The van der Waals surface area contributed by atoms with Crippen molar-refractivity contribution in [1.82, 2.24) is 10.6 Å². The molecule has 0 aromatic heterocycles. The van der Waals surface area contributed by atoms with Gasteiger partial charge in [-0.3, -0.25) is 4.99 Å². The highest BCUT2D eigenvalue weighted by molar-refractivity contribution is 5.79. The number of nitrogens with zero attached hydrogens (tertiary/aromatic N) is 1. The van der Waals surface area contributed by atoms with E-state index in [1.54, 1.807) is 7.05 Å². The molecule has 0 unspecified atom stereocenters. The number of hydrogen-bond donors (Lipinski definition) is 2. The Morgan fingerprint density at radius 2 is 2.19 bits per heavy atom. The maximum atomic E-state index is 5.30. The number of ether oxygens (including phenoxy) is 2. The van der Waals surface area contributed by atoms with E-state index in [1.807, 2.05) is 25.2 Å². The van der Waals surface area contributed by atoms with Crippen LogP contribution in [0, 0.1) is 0 Å². The van der Waals surface area contributed by atoms with Gasteiger partial charge in [0, 0.05) is 20.6 Å². The van der Waals surface area contributed by atoms with E-state index in [2.05, 4.69) is 15.6 Å². The number of fused-ring (bicyclic) bond motifs is 1. The van der Waals surface area contributed by atoms with Gasteiger partial charge in [-0.05, 0) is 17.7 Å². The number of nitrogens with one attached hydrogen (secondary N) is 2. The van der Waals surface area contributed by atoms with Crippen LogP contribution < -0.4 is 20.1 Å². The van der Waals surface area contributed by atoms with Crippen molar-refractivity contribution in [3.63, 3.8) is 0 Å². The topological polar surface area (TPSA) is 54.9 Å². The lowest BCUT2D eigenvalue weighted by Gasteiger charge is -2.08. The summed E-state index contributed by atoms with van der Waals surface area (Å²) in [5.74, 6) is 2.37. The molecule has 1 aromatic rings. The first-order valence-corrected chi connectivity index (χ1v) is 5.10. The quantitative estimate of drug-likeness (QED) is 0.570. The van der Waals surface area contributed by atoms with Crippen LogP contribution in [0.1, 0.15) is 5.56 Å². The van der Waals surface area contributed by atoms with E-state index in [1.165, 1.54) is 0 Å². The van der Waals surface area contributed by atoms with E-state index in [0.29, 0.717) is 13.3 Å². The number of aliphatic imine (C=N–C) groups is 1. The zero-order valence-electron chi connectivity index (χ0n) is 9.41. The normalized spacial score (nSPS) is 13.8. The molecule has 5 heteroatoms. The summed E-state index contributed by atoms with van der Waals surface area (Å²) >= 11 is 0. The SMILES string of the molecule is CN=C(NC)NCc1ccc2c(c1)OCO2. The second kappa shape index (κ2) is 4.74. The van der Waals surface area contributed by atoms with Gasteiger partial charge in [0.2, 0.25) is 6.79 Å². The Hall–Kier alpha value is -1.91. The largest absolute Gasteiger partial charge is 0.454 e. The van der Waals surface area contributed by atoms with Crippen LogP contribution in [0.3, 0.4) is 0 Å². The van der Waals surface area contributed by atoms with Crippen LogP contribution >= 0.6 is 0 Å². The van der Waals surface area contributed by atoms with Gasteiger partial charge in [-0.2, -0.15) is 0 Å². The molecule has 1 heterocycles. The Bertz CT molecular complexity index is 404. The van der Waals surface area contributed by atoms with Gasteiger partial charge < -0.3 is 20.1 Å². The van der Waals surface area contributed by atoms with E-state index < -0.39 is 0 Å². The van der Waals surface area contributed by atoms with Crippen molar-refractivity contribution in [1.29, 1.82) is 0 Å². The first-order chi connectivity index (χ1) is 7.83. The first kappa shape index (κ1) is 10.6. The van der Waals surface area contributed by atoms with E-state index in [0.717, 1.165) is 23.0 Å². The van der Waals surface area contributed by atoms with Gasteiger partial charge in [0.15, 0.2) is 17.5 Å². The number of hydrogen-bond acceptors (Lipinski definition) is 3. The highest BCUT2D eigenvalue weighted by Gasteiger charge is 2.12. The van der Waals surface area contributed by atoms with Gasteiger partial charge in [0.25, 0.3) is 0 Å². The van der Waals surface area contributed by atoms with E-state index >= 15 is 0 Å². The summed E-state index contributed by atoms with van der Waals surface area (Å²) in [7, 11) is 3.56. The molecule has 2 N–H and O–H groups in total. The van der Waals surface area contributed by atoms with Gasteiger partial charge in [0.1, 0.15) is 0 Å². The molecule has 0 fully saturated rings. The lowest BCUT2D eigenvalue weighted by Crippen LogP contribution is -2.34. The highest BCUT2D eigenvalue weighted by Crippen LogP contribution is 2.32. The van der Waals surface area contributed by atoms with Gasteiger partial charge in [-0.1, -0.05) is 6.07 Å². The molecular formula is C11H15N3O2. The van der Waals surface area contributed by atoms with E-state index in [-0.39, 0.29) is 0 Å². The van der Waals surface area contributed by atoms with Crippen molar-refractivity contribution in [2.45, 2.75) is 6.54 Å². The Balaban J connectivity index is 2.00. The molecule has 16 heavy (non-hydrogen) atoms. The van der Waals surface area contributed by atoms with Gasteiger partial charge in [0.05, 0.1) is 0 Å². The summed E-state index contributed by atoms with van der Waals surface area (Å²) in [6, 6.07) is 5.89. The Kier molecular flexibility index (Phi) is 3.14. The minimum atomic E-state index is 0.310. The van der Waals surface area contributed by atoms with Crippen LogP contribution in [0.25, 0.3) is 0 Å². The van der Waals surface area contributed by atoms with E-state index in [4.69, 9.17) is 9.47 Å². The molecule has 0 bridgehead atoms. The fourth-order valence-corrected chi connectivity index (χ4v) is 1.52. The molecule has 0 radical (unpaired) electrons. The standard InChI is InChI=1S/C11H15N3O2/c1-12-11(13-2)14-6-8-3-4-9-10(5-8)16-7-15-9/h3-5H,6-7H2,1-2H3,(H2,12,13,14). The zero-order valence-corrected chi connectivity index (χ0v) is 9.41. The van der Waals surface area contributed by atoms with Crippen LogP contribution in [-0.4, -0.2) is 26.8 Å². The summed E-state index contributed by atoms with van der Waals surface area (Å²) in [5.41, 5.74) is 1.13. The fraction of sp³-hybridized carbons (Fsp3) is 0.364. The molecule has 5 nitrogen and oxygen atoms in total. The first-order valence-electron chi connectivity index (χ1n) is 5.10. The molecule has 0 amide bonds. The number of benzene rings is 1. The third-order valence-electron chi connectivity index (χ3n) is 2.36. The fourth-order valence-electron chi connectivity index (χ4n) is 1.52. The molecule has 0 spiro atoms. The molecule has 0 atom stereocenters. The van der Waals surface area contributed by atoms with Crippen molar-refractivity contribution in [3.8, 4) is 11.5 Å². The highest BCUT2D eigenvalue weighted by atomic mass is 16.7. The molecule has 2 rings (SSSR count). The Labute approximate surface area is 94.5 Å². The van der Waals surface area contributed by atoms with Gasteiger partial charge in [-0.15, -0.1) is 0 Å². The second-order valence-corrected chi connectivity index (χ2v) is 3.36. The third-order valence-corrected chi connectivity index (χ3v) is 2.36. The molecule has 0 saturated carbocycles. The number of rotatable bonds is 2. The Morgan fingerprint density at radius 1 is 1.38 bits per heavy atom. The minimum absolute atomic E-state index is 0.310. The van der Waals surface area contributed by atoms with Gasteiger partial charge in [-0.25, -0.2) is 0 Å². The summed E-state index contributed by atoms with van der Waals surface area (Å²) in [6.45, 7) is 1.01. The Morgan fingerprint density at radius 3 is 2.94 bits per heavy atom. The van der Waals surface area contributed by atoms with Crippen LogP contribution in [0.4, 0.5) is 0 Å². The van der Waals surface area contributed by atoms with Crippen LogP contribution in [0.5, 0.6) is 11.5 Å². The maximum Gasteiger partial charge on any atom is 0.231 e. The summed E-state index contributed by atoms with van der Waals surface area (Å²) < 4.78 is 10.5. The predicted octanol–water partition coefficient (Wildman–Crippen LogP) is 0.710. The van der Waals surface area contributed by atoms with Crippen LogP contribution in [0.15, 0.2) is 23.2 Å².